The first-order valence-corrected chi connectivity index (χ1v) is 11.5. The Kier molecular flexibility index (Phi) is 5.63. The second-order valence-electron chi connectivity index (χ2n) is 7.32. The summed E-state index contributed by atoms with van der Waals surface area (Å²) in [6.45, 7) is 0. The molecule has 0 amide bonds. The maximum Gasteiger partial charge on any atom is 0.271 e. The molecule has 13 heteroatoms. The normalized spacial score (nSPS) is 11.4. The molecule has 1 aromatic heterocycles. The van der Waals surface area contributed by atoms with Gasteiger partial charge in [0.15, 0.2) is 0 Å². The van der Waals surface area contributed by atoms with Crippen molar-refractivity contribution in [3.05, 3.63) is 74.8 Å². The zero-order valence-corrected chi connectivity index (χ0v) is 18.6. The first-order valence-electron chi connectivity index (χ1n) is 9.65. The SMILES string of the molecule is COc1cc(NS(C)(=O)=O)ccc1Nc1c2ccc([N+](=O)[O-])cc2nc2cc([N+](=O)[O-])ccc12. The number of pyridine rings is 1. The van der Waals surface area contributed by atoms with Crippen LogP contribution in [0.15, 0.2) is 54.6 Å². The van der Waals surface area contributed by atoms with Crippen LogP contribution in [0.4, 0.5) is 28.4 Å². The van der Waals surface area contributed by atoms with E-state index in [4.69, 9.17) is 4.74 Å². The van der Waals surface area contributed by atoms with Gasteiger partial charge in [0.2, 0.25) is 10.0 Å². The van der Waals surface area contributed by atoms with Crippen LogP contribution >= 0.6 is 0 Å². The van der Waals surface area contributed by atoms with Gasteiger partial charge in [-0.05, 0) is 24.3 Å². The van der Waals surface area contributed by atoms with Gasteiger partial charge in [0.05, 0.1) is 51.3 Å². The number of aromatic nitrogens is 1. The molecule has 3 aromatic carbocycles. The van der Waals surface area contributed by atoms with Crippen molar-refractivity contribution in [3.8, 4) is 5.75 Å². The Labute approximate surface area is 192 Å². The van der Waals surface area contributed by atoms with Crippen LogP contribution in [-0.4, -0.2) is 36.6 Å². The third kappa shape index (κ3) is 4.49. The van der Waals surface area contributed by atoms with Crippen LogP contribution in [0, 0.1) is 20.2 Å². The zero-order chi connectivity index (χ0) is 24.6. The fourth-order valence-corrected chi connectivity index (χ4v) is 4.05. The second-order valence-corrected chi connectivity index (χ2v) is 9.07. The molecule has 0 atom stereocenters. The Morgan fingerprint density at radius 3 is 1.91 bits per heavy atom. The van der Waals surface area contributed by atoms with Gasteiger partial charge in [-0.1, -0.05) is 0 Å². The molecule has 34 heavy (non-hydrogen) atoms. The monoisotopic (exact) mass is 483 g/mol. The number of nitrogens with one attached hydrogen (secondary N) is 2. The van der Waals surface area contributed by atoms with E-state index in [-0.39, 0.29) is 22.4 Å². The Morgan fingerprint density at radius 2 is 1.44 bits per heavy atom. The highest BCUT2D eigenvalue weighted by Gasteiger charge is 2.17. The van der Waals surface area contributed by atoms with Gasteiger partial charge in [0.1, 0.15) is 5.75 Å². The number of nitrogens with zero attached hydrogens (tertiary/aromatic N) is 3. The molecule has 0 aliphatic heterocycles. The molecule has 0 unspecified atom stereocenters. The number of fused-ring (bicyclic) bond motifs is 2. The lowest BCUT2D eigenvalue weighted by atomic mass is 10.1. The molecule has 4 aromatic rings. The Balaban J connectivity index is 1.92. The predicted octanol–water partition coefficient (Wildman–Crippen LogP) is 4.33. The minimum Gasteiger partial charge on any atom is -0.494 e. The van der Waals surface area contributed by atoms with Gasteiger partial charge in [-0.2, -0.15) is 0 Å². The summed E-state index contributed by atoms with van der Waals surface area (Å²) >= 11 is 0. The summed E-state index contributed by atoms with van der Waals surface area (Å²) in [5.41, 5.74) is 1.42. The van der Waals surface area contributed by atoms with Crippen LogP contribution in [0.2, 0.25) is 0 Å². The molecule has 0 radical (unpaired) electrons. The molecule has 0 saturated heterocycles. The molecule has 0 fully saturated rings. The van der Waals surface area contributed by atoms with Crippen molar-refractivity contribution in [1.29, 1.82) is 0 Å². The average molecular weight is 483 g/mol. The van der Waals surface area contributed by atoms with Crippen molar-refractivity contribution in [2.45, 2.75) is 0 Å². The fourth-order valence-electron chi connectivity index (χ4n) is 3.49. The van der Waals surface area contributed by atoms with Gasteiger partial charge in [-0.15, -0.1) is 0 Å². The minimum absolute atomic E-state index is 0.176. The van der Waals surface area contributed by atoms with E-state index in [9.17, 15) is 28.6 Å². The van der Waals surface area contributed by atoms with E-state index >= 15 is 0 Å². The minimum atomic E-state index is -3.50. The summed E-state index contributed by atoms with van der Waals surface area (Å²) in [5, 5.41) is 26.8. The van der Waals surface area contributed by atoms with E-state index in [0.29, 0.717) is 33.6 Å². The highest BCUT2D eigenvalue weighted by Crippen LogP contribution is 2.38. The van der Waals surface area contributed by atoms with Crippen LogP contribution in [0.5, 0.6) is 5.75 Å². The van der Waals surface area contributed by atoms with E-state index in [2.05, 4.69) is 15.0 Å². The number of ether oxygens (including phenoxy) is 1. The zero-order valence-electron chi connectivity index (χ0n) is 17.8. The van der Waals surface area contributed by atoms with Gasteiger partial charge in [0.25, 0.3) is 11.4 Å². The number of methoxy groups -OCH3 is 1. The fraction of sp³-hybridized carbons (Fsp3) is 0.0952. The van der Waals surface area contributed by atoms with Crippen LogP contribution < -0.4 is 14.8 Å². The Hall–Kier alpha value is -4.52. The molecule has 0 aliphatic carbocycles. The first kappa shape index (κ1) is 22.7. The number of nitro groups is 2. The van der Waals surface area contributed by atoms with Crippen molar-refractivity contribution in [1.82, 2.24) is 4.98 Å². The van der Waals surface area contributed by atoms with Crippen LogP contribution in [0.25, 0.3) is 21.8 Å². The summed E-state index contributed by atoms with van der Waals surface area (Å²) in [7, 11) is -2.08. The van der Waals surface area contributed by atoms with Gasteiger partial charge in [-0.3, -0.25) is 25.0 Å². The molecule has 174 valence electrons. The highest BCUT2D eigenvalue weighted by atomic mass is 32.2. The van der Waals surface area contributed by atoms with Gasteiger partial charge < -0.3 is 10.1 Å². The number of sulfonamides is 1. The summed E-state index contributed by atoms with van der Waals surface area (Å²) in [4.78, 5) is 25.8. The third-order valence-corrected chi connectivity index (χ3v) is 5.53. The number of rotatable bonds is 7. The van der Waals surface area contributed by atoms with E-state index in [1.165, 1.54) is 55.6 Å². The molecular formula is C21H17N5O7S. The van der Waals surface area contributed by atoms with Crippen LogP contribution in [0.1, 0.15) is 0 Å². The first-order chi connectivity index (χ1) is 16.1. The number of nitro benzene ring substituents is 2. The number of hydrogen-bond acceptors (Lipinski definition) is 9. The Morgan fingerprint density at radius 1 is 0.882 bits per heavy atom. The molecule has 12 nitrogen and oxygen atoms in total. The molecule has 4 rings (SSSR count). The summed E-state index contributed by atoms with van der Waals surface area (Å²) < 4.78 is 30.9. The molecule has 1 heterocycles. The smallest absolute Gasteiger partial charge is 0.271 e. The van der Waals surface area contributed by atoms with E-state index < -0.39 is 19.9 Å². The third-order valence-electron chi connectivity index (χ3n) is 4.93. The lowest BCUT2D eigenvalue weighted by Crippen LogP contribution is -2.09. The second kappa shape index (κ2) is 8.44. The molecule has 0 saturated carbocycles. The molecular weight excluding hydrogens is 466 g/mol. The number of benzene rings is 3. The van der Waals surface area contributed by atoms with Crippen molar-refractivity contribution < 1.29 is 23.0 Å². The predicted molar refractivity (Wildman–Crippen MR) is 127 cm³/mol. The van der Waals surface area contributed by atoms with Gasteiger partial charge in [0, 0.05) is 41.1 Å². The average Bonchev–Trinajstić information content (AvgIpc) is 2.77. The lowest BCUT2D eigenvalue weighted by Gasteiger charge is -2.16. The van der Waals surface area contributed by atoms with Crippen molar-refractivity contribution in [3.63, 3.8) is 0 Å². The standard InChI is InChI=1S/C21H17N5O7S/c1-33-20-9-12(24-34(2,31)32)3-8-17(20)23-21-15-6-4-13(25(27)28)10-18(15)22-19-11-14(26(29)30)5-7-16(19)21/h3-11,24H,1-2H3,(H,22,23). The number of anilines is 3. The van der Waals surface area contributed by atoms with E-state index in [1.54, 1.807) is 6.07 Å². The van der Waals surface area contributed by atoms with Gasteiger partial charge in [-0.25, -0.2) is 13.4 Å². The topological polar surface area (TPSA) is 167 Å². The van der Waals surface area contributed by atoms with Crippen molar-refractivity contribution in [2.75, 3.05) is 23.4 Å². The highest BCUT2D eigenvalue weighted by molar-refractivity contribution is 7.92. The Bertz CT molecular complexity index is 1520. The molecule has 2 N–H and O–H groups in total. The lowest BCUT2D eigenvalue weighted by molar-refractivity contribution is -0.384. The number of hydrogen-bond donors (Lipinski definition) is 2. The number of non-ortho nitro benzene ring substituents is 2. The molecule has 0 spiro atoms. The van der Waals surface area contributed by atoms with E-state index in [0.717, 1.165) is 6.26 Å². The summed E-state index contributed by atoms with van der Waals surface area (Å²) in [6.07, 6.45) is 1.03. The molecule has 0 aliphatic rings. The van der Waals surface area contributed by atoms with Crippen LogP contribution in [0.3, 0.4) is 0 Å². The van der Waals surface area contributed by atoms with Crippen molar-refractivity contribution in [2.24, 2.45) is 0 Å². The van der Waals surface area contributed by atoms with E-state index in [1.807, 2.05) is 0 Å². The summed E-state index contributed by atoms with van der Waals surface area (Å²) in [6, 6.07) is 12.9. The van der Waals surface area contributed by atoms with Crippen LogP contribution in [-0.2, 0) is 10.0 Å². The van der Waals surface area contributed by atoms with Crippen molar-refractivity contribution >= 4 is 60.3 Å². The quantitative estimate of drug-likeness (QED) is 0.221. The maximum absolute atomic E-state index is 11.5. The summed E-state index contributed by atoms with van der Waals surface area (Å²) in [5.74, 6) is 0.315. The maximum atomic E-state index is 11.5. The van der Waals surface area contributed by atoms with Gasteiger partial charge >= 0.3 is 0 Å². The largest absolute Gasteiger partial charge is 0.494 e. The molecule has 0 bridgehead atoms.